The normalized spacial score (nSPS) is 16.8. The first-order valence-electron chi connectivity index (χ1n) is 6.91. The summed E-state index contributed by atoms with van der Waals surface area (Å²) in [7, 11) is 0. The van der Waals surface area contributed by atoms with E-state index in [-0.39, 0.29) is 5.41 Å². The first-order valence-corrected chi connectivity index (χ1v) is 6.91. The second-order valence-corrected chi connectivity index (χ2v) is 5.52. The topological polar surface area (TPSA) is 26.0 Å². The molecule has 104 valence electrons. The lowest BCUT2D eigenvalue weighted by molar-refractivity contribution is 0.252. The maximum atomic E-state index is 14.1. The summed E-state index contributed by atoms with van der Waals surface area (Å²) < 4.78 is 28.0. The molecule has 2 aromatic rings. The summed E-state index contributed by atoms with van der Waals surface area (Å²) in [6, 6.07) is 12.2. The van der Waals surface area contributed by atoms with Crippen molar-refractivity contribution in [2.45, 2.75) is 24.7 Å². The van der Waals surface area contributed by atoms with Gasteiger partial charge in [-0.15, -0.1) is 0 Å². The number of hydrogen-bond acceptors (Lipinski definition) is 1. The summed E-state index contributed by atoms with van der Waals surface area (Å²) >= 11 is 0. The maximum Gasteiger partial charge on any atom is 0.166 e. The molecule has 0 saturated heterocycles. The minimum absolute atomic E-state index is 0.169. The average Bonchev–Trinajstić information content (AvgIpc) is 2.43. The van der Waals surface area contributed by atoms with Crippen LogP contribution in [0.1, 0.15) is 24.8 Å². The van der Waals surface area contributed by atoms with E-state index in [1.54, 1.807) is 18.2 Å². The third-order valence-electron chi connectivity index (χ3n) is 4.43. The van der Waals surface area contributed by atoms with Crippen molar-refractivity contribution >= 4 is 0 Å². The summed E-state index contributed by atoms with van der Waals surface area (Å²) in [5.74, 6) is -1.58. The smallest absolute Gasteiger partial charge is 0.166 e. The lowest BCUT2D eigenvalue weighted by Gasteiger charge is -2.41. The number of nitrogens with two attached hydrogens (primary N) is 1. The summed E-state index contributed by atoms with van der Waals surface area (Å²) in [4.78, 5) is 0. The van der Waals surface area contributed by atoms with Crippen LogP contribution in [0.25, 0.3) is 11.1 Å². The molecular formula is C17H17F2N. The molecule has 1 nitrogen and oxygen atoms in total. The van der Waals surface area contributed by atoms with Crippen LogP contribution in [-0.4, -0.2) is 6.54 Å². The molecule has 1 aliphatic carbocycles. The quantitative estimate of drug-likeness (QED) is 0.898. The lowest BCUT2D eigenvalue weighted by Crippen LogP contribution is -2.41. The summed E-state index contributed by atoms with van der Waals surface area (Å²) in [5.41, 5.74) is 7.53. The van der Waals surface area contributed by atoms with Crippen molar-refractivity contribution in [2.75, 3.05) is 6.54 Å². The van der Waals surface area contributed by atoms with Crippen molar-refractivity contribution in [3.8, 4) is 11.1 Å². The summed E-state index contributed by atoms with van der Waals surface area (Å²) in [6.45, 7) is 0.478. The molecule has 0 spiro atoms. The van der Waals surface area contributed by atoms with E-state index < -0.39 is 11.6 Å². The Morgan fingerprint density at radius 1 is 1.05 bits per heavy atom. The Labute approximate surface area is 117 Å². The van der Waals surface area contributed by atoms with Crippen molar-refractivity contribution < 1.29 is 8.78 Å². The SMILES string of the molecule is NCC1(c2cc(F)c(F)c(-c3ccccc3)c2)CCC1. The van der Waals surface area contributed by atoms with E-state index in [2.05, 4.69) is 0 Å². The zero-order valence-electron chi connectivity index (χ0n) is 11.2. The second-order valence-electron chi connectivity index (χ2n) is 5.52. The highest BCUT2D eigenvalue weighted by atomic mass is 19.2. The van der Waals surface area contributed by atoms with Crippen LogP contribution in [0.5, 0.6) is 0 Å². The monoisotopic (exact) mass is 273 g/mol. The van der Waals surface area contributed by atoms with Gasteiger partial charge < -0.3 is 5.73 Å². The van der Waals surface area contributed by atoms with Gasteiger partial charge in [0.15, 0.2) is 11.6 Å². The third-order valence-corrected chi connectivity index (χ3v) is 4.43. The van der Waals surface area contributed by atoms with Crippen LogP contribution in [0.2, 0.25) is 0 Å². The van der Waals surface area contributed by atoms with Gasteiger partial charge in [0.2, 0.25) is 0 Å². The van der Waals surface area contributed by atoms with Gasteiger partial charge in [-0.2, -0.15) is 0 Å². The molecule has 0 radical (unpaired) electrons. The van der Waals surface area contributed by atoms with E-state index >= 15 is 0 Å². The average molecular weight is 273 g/mol. The van der Waals surface area contributed by atoms with Gasteiger partial charge in [0.25, 0.3) is 0 Å². The summed E-state index contributed by atoms with van der Waals surface area (Å²) in [5, 5.41) is 0. The number of benzene rings is 2. The predicted octanol–water partition coefficient (Wildman–Crippen LogP) is 4.01. The fourth-order valence-electron chi connectivity index (χ4n) is 2.94. The largest absolute Gasteiger partial charge is 0.330 e. The Morgan fingerprint density at radius 3 is 2.30 bits per heavy atom. The number of hydrogen-bond donors (Lipinski definition) is 1. The second kappa shape index (κ2) is 4.98. The van der Waals surface area contributed by atoms with Crippen LogP contribution in [-0.2, 0) is 5.41 Å². The van der Waals surface area contributed by atoms with Crippen molar-refractivity contribution in [2.24, 2.45) is 5.73 Å². The summed E-state index contributed by atoms with van der Waals surface area (Å²) in [6.07, 6.45) is 2.99. The first kappa shape index (κ1) is 13.3. The number of halogens is 2. The maximum absolute atomic E-state index is 14.1. The van der Waals surface area contributed by atoms with E-state index in [1.165, 1.54) is 6.07 Å². The van der Waals surface area contributed by atoms with Crippen molar-refractivity contribution in [3.05, 3.63) is 59.7 Å². The molecule has 20 heavy (non-hydrogen) atoms. The van der Waals surface area contributed by atoms with Gasteiger partial charge in [0, 0.05) is 17.5 Å². The molecule has 0 amide bonds. The molecular weight excluding hydrogens is 256 g/mol. The molecule has 3 heteroatoms. The van der Waals surface area contributed by atoms with Crippen LogP contribution in [0.15, 0.2) is 42.5 Å². The van der Waals surface area contributed by atoms with Gasteiger partial charge in [0.05, 0.1) is 0 Å². The zero-order chi connectivity index (χ0) is 14.2. The molecule has 0 heterocycles. The molecule has 2 aromatic carbocycles. The van der Waals surface area contributed by atoms with E-state index in [4.69, 9.17) is 5.73 Å². The molecule has 0 unspecified atom stereocenters. The third kappa shape index (κ3) is 2.02. The Hall–Kier alpha value is -1.74. The van der Waals surface area contributed by atoms with Crippen LogP contribution >= 0.6 is 0 Å². The van der Waals surface area contributed by atoms with Crippen LogP contribution in [0.4, 0.5) is 8.78 Å². The van der Waals surface area contributed by atoms with Crippen LogP contribution in [0, 0.1) is 11.6 Å². The molecule has 0 atom stereocenters. The van der Waals surface area contributed by atoms with Gasteiger partial charge in [-0.05, 0) is 36.1 Å². The van der Waals surface area contributed by atoms with Gasteiger partial charge >= 0.3 is 0 Å². The van der Waals surface area contributed by atoms with Gasteiger partial charge in [-0.3, -0.25) is 0 Å². The van der Waals surface area contributed by atoms with Crippen molar-refractivity contribution in [1.82, 2.24) is 0 Å². The standard InChI is InChI=1S/C17H17F2N/c18-15-10-13(17(11-20)7-4-8-17)9-14(16(15)19)12-5-2-1-3-6-12/h1-3,5-6,9-10H,4,7-8,11,20H2. The highest BCUT2D eigenvalue weighted by molar-refractivity contribution is 5.65. The minimum Gasteiger partial charge on any atom is -0.330 e. The molecule has 0 aromatic heterocycles. The molecule has 1 aliphatic rings. The van der Waals surface area contributed by atoms with Gasteiger partial charge in [-0.1, -0.05) is 36.8 Å². The highest BCUT2D eigenvalue weighted by Crippen LogP contribution is 2.44. The Balaban J connectivity index is 2.13. The number of rotatable bonds is 3. The van der Waals surface area contributed by atoms with E-state index in [1.807, 2.05) is 18.2 Å². The fraction of sp³-hybridized carbons (Fsp3) is 0.294. The van der Waals surface area contributed by atoms with Gasteiger partial charge in [-0.25, -0.2) is 8.78 Å². The molecule has 0 aliphatic heterocycles. The molecule has 1 fully saturated rings. The highest BCUT2D eigenvalue weighted by Gasteiger charge is 2.38. The molecule has 3 rings (SSSR count). The first-order chi connectivity index (χ1) is 9.66. The van der Waals surface area contributed by atoms with E-state index in [9.17, 15) is 8.78 Å². The van der Waals surface area contributed by atoms with Crippen LogP contribution in [0.3, 0.4) is 0 Å². The van der Waals surface area contributed by atoms with Crippen molar-refractivity contribution in [3.63, 3.8) is 0 Å². The van der Waals surface area contributed by atoms with E-state index in [0.29, 0.717) is 17.7 Å². The fourth-order valence-corrected chi connectivity index (χ4v) is 2.94. The van der Waals surface area contributed by atoms with E-state index in [0.717, 1.165) is 24.8 Å². The molecule has 0 bridgehead atoms. The molecule has 2 N–H and O–H groups in total. The molecule has 1 saturated carbocycles. The Bertz CT molecular complexity index is 613. The van der Waals surface area contributed by atoms with Gasteiger partial charge in [0.1, 0.15) is 0 Å². The lowest BCUT2D eigenvalue weighted by atomic mass is 9.64. The minimum atomic E-state index is -0.791. The Morgan fingerprint density at radius 2 is 1.75 bits per heavy atom. The predicted molar refractivity (Wildman–Crippen MR) is 76.4 cm³/mol. The zero-order valence-corrected chi connectivity index (χ0v) is 11.2. The van der Waals surface area contributed by atoms with Crippen LogP contribution < -0.4 is 5.73 Å². The Kier molecular flexibility index (Phi) is 3.30. The van der Waals surface area contributed by atoms with Crippen molar-refractivity contribution in [1.29, 1.82) is 0 Å².